The fraction of sp³-hybridized carbons (Fsp3) is 0.259. The van der Waals surface area contributed by atoms with Gasteiger partial charge in [-0.1, -0.05) is 39.1 Å². The molecule has 0 saturated carbocycles. The van der Waals surface area contributed by atoms with Crippen LogP contribution in [0.3, 0.4) is 0 Å². The largest absolute Gasteiger partial charge is 0.493 e. The summed E-state index contributed by atoms with van der Waals surface area (Å²) in [5.41, 5.74) is -0.112. The predicted octanol–water partition coefficient (Wildman–Crippen LogP) is 5.95. The fourth-order valence-corrected chi connectivity index (χ4v) is 6.68. The van der Waals surface area contributed by atoms with Crippen LogP contribution >= 0.6 is 39.1 Å². The summed E-state index contributed by atoms with van der Waals surface area (Å²) in [6, 6.07) is 17.8. The highest BCUT2D eigenvalue weighted by Gasteiger charge is 2.50. The molecule has 39 heavy (non-hydrogen) atoms. The van der Waals surface area contributed by atoms with Gasteiger partial charge in [0.05, 0.1) is 34.8 Å². The van der Waals surface area contributed by atoms with Crippen LogP contribution in [0.25, 0.3) is 0 Å². The van der Waals surface area contributed by atoms with E-state index in [-0.39, 0.29) is 36.2 Å². The maximum Gasteiger partial charge on any atom is 0.338 e. The molecular formula is C27H23BrCl2N2O6S. The van der Waals surface area contributed by atoms with Gasteiger partial charge in [0.2, 0.25) is 10.0 Å². The zero-order valence-corrected chi connectivity index (χ0v) is 24.6. The third kappa shape index (κ3) is 6.68. The molecule has 1 heterocycles. The number of benzene rings is 3. The van der Waals surface area contributed by atoms with E-state index in [2.05, 4.69) is 22.0 Å². The van der Waals surface area contributed by atoms with Crippen LogP contribution in [0, 0.1) is 16.7 Å². The third-order valence-electron chi connectivity index (χ3n) is 6.04. The number of esters is 1. The number of ether oxygens (including phenoxy) is 3. The van der Waals surface area contributed by atoms with Gasteiger partial charge in [0.1, 0.15) is 29.1 Å². The van der Waals surface area contributed by atoms with E-state index in [0.717, 1.165) is 4.47 Å². The summed E-state index contributed by atoms with van der Waals surface area (Å²) in [5, 5.41) is 9.64. The van der Waals surface area contributed by atoms with Crippen molar-refractivity contribution in [2.45, 2.75) is 11.8 Å². The molecule has 1 fully saturated rings. The molecule has 3 aromatic carbocycles. The zero-order chi connectivity index (χ0) is 28.2. The van der Waals surface area contributed by atoms with E-state index in [1.807, 2.05) is 0 Å². The molecule has 0 bridgehead atoms. The monoisotopic (exact) mass is 652 g/mol. The molecule has 0 spiro atoms. The Balaban J connectivity index is 1.53. The molecule has 0 unspecified atom stereocenters. The minimum Gasteiger partial charge on any atom is -0.493 e. The predicted molar refractivity (Wildman–Crippen MR) is 150 cm³/mol. The Labute approximate surface area is 245 Å². The van der Waals surface area contributed by atoms with E-state index in [9.17, 15) is 18.5 Å². The highest BCUT2D eigenvalue weighted by atomic mass is 79.9. The molecule has 0 amide bonds. The van der Waals surface area contributed by atoms with Crippen LogP contribution in [0.5, 0.6) is 11.5 Å². The molecule has 12 heteroatoms. The van der Waals surface area contributed by atoms with Crippen LogP contribution < -0.4 is 9.47 Å². The Morgan fingerprint density at radius 1 is 1.05 bits per heavy atom. The van der Waals surface area contributed by atoms with Crippen molar-refractivity contribution in [1.29, 1.82) is 5.26 Å². The lowest BCUT2D eigenvalue weighted by atomic mass is 9.83. The second-order valence-electron chi connectivity index (χ2n) is 8.92. The van der Waals surface area contributed by atoms with Crippen molar-refractivity contribution in [1.82, 2.24) is 4.31 Å². The van der Waals surface area contributed by atoms with E-state index in [4.69, 9.17) is 37.4 Å². The molecule has 0 N–H and O–H groups in total. The van der Waals surface area contributed by atoms with Crippen LogP contribution in [0.15, 0.2) is 70.0 Å². The summed E-state index contributed by atoms with van der Waals surface area (Å²) in [6.07, 6.45) is 0. The number of hydrogen-bond donors (Lipinski definition) is 0. The number of nitrogens with zero attached hydrogens (tertiary/aromatic N) is 2. The molecule has 0 aromatic heterocycles. The number of carbonyl (C=O) groups is 1. The van der Waals surface area contributed by atoms with Crippen LogP contribution in [0.4, 0.5) is 0 Å². The number of carbonyl (C=O) groups excluding carboxylic acids is 1. The first-order valence-corrected chi connectivity index (χ1v) is 14.7. The summed E-state index contributed by atoms with van der Waals surface area (Å²) in [6.45, 7) is 2.18. The standard InChI is InChI=1S/C27H23BrCl2N2O6S/c1-2-36-24-12-22(9-5-19(24)13-31)37-16-27(17-38-26(33)18-3-6-20(28)7-4-18)14-32(15-27)39(34,35)25-10-8-21(29)11-23(25)30/h3-12H,2,14-17H2,1H3. The van der Waals surface area contributed by atoms with Crippen LogP contribution in [-0.4, -0.2) is 51.6 Å². The van der Waals surface area contributed by atoms with Crippen molar-refractivity contribution in [2.24, 2.45) is 5.41 Å². The second-order valence-corrected chi connectivity index (χ2v) is 12.6. The lowest BCUT2D eigenvalue weighted by Gasteiger charge is -2.48. The van der Waals surface area contributed by atoms with E-state index < -0.39 is 21.4 Å². The quantitative estimate of drug-likeness (QED) is 0.249. The van der Waals surface area contributed by atoms with E-state index in [0.29, 0.717) is 34.3 Å². The smallest absolute Gasteiger partial charge is 0.338 e. The topological polar surface area (TPSA) is 106 Å². The Hall–Kier alpha value is -2.81. The number of sulfonamides is 1. The van der Waals surface area contributed by atoms with Crippen molar-refractivity contribution < 1.29 is 27.4 Å². The molecule has 0 atom stereocenters. The van der Waals surface area contributed by atoms with Crippen LogP contribution in [-0.2, 0) is 14.8 Å². The van der Waals surface area contributed by atoms with Crippen LogP contribution in [0.1, 0.15) is 22.8 Å². The van der Waals surface area contributed by atoms with E-state index in [1.54, 1.807) is 49.4 Å². The molecule has 1 aliphatic heterocycles. The first-order valence-electron chi connectivity index (χ1n) is 11.7. The van der Waals surface area contributed by atoms with Gasteiger partial charge in [-0.05, 0) is 61.5 Å². The summed E-state index contributed by atoms with van der Waals surface area (Å²) in [7, 11) is -3.94. The van der Waals surface area contributed by atoms with Crippen molar-refractivity contribution >= 4 is 55.1 Å². The van der Waals surface area contributed by atoms with Gasteiger partial charge >= 0.3 is 5.97 Å². The fourth-order valence-electron chi connectivity index (χ4n) is 4.00. The van der Waals surface area contributed by atoms with Crippen molar-refractivity contribution in [3.05, 3.63) is 86.3 Å². The second kappa shape index (κ2) is 12.1. The molecule has 1 saturated heterocycles. The zero-order valence-electron chi connectivity index (χ0n) is 20.7. The minimum atomic E-state index is -3.94. The van der Waals surface area contributed by atoms with Crippen molar-refractivity contribution in [3.8, 4) is 17.6 Å². The van der Waals surface area contributed by atoms with E-state index >= 15 is 0 Å². The first-order chi connectivity index (χ1) is 18.6. The van der Waals surface area contributed by atoms with Gasteiger partial charge in [-0.15, -0.1) is 0 Å². The highest BCUT2D eigenvalue weighted by molar-refractivity contribution is 9.10. The molecule has 8 nitrogen and oxygen atoms in total. The lowest BCUT2D eigenvalue weighted by molar-refractivity contribution is -0.0409. The summed E-state index contributed by atoms with van der Waals surface area (Å²) >= 11 is 15.4. The molecule has 204 valence electrons. The van der Waals surface area contributed by atoms with Gasteiger partial charge in [-0.25, -0.2) is 13.2 Å². The molecular weight excluding hydrogens is 631 g/mol. The normalized spacial score (nSPS) is 14.6. The van der Waals surface area contributed by atoms with Gasteiger partial charge in [-0.3, -0.25) is 0 Å². The Bertz CT molecular complexity index is 1520. The maximum atomic E-state index is 13.3. The number of halogens is 3. The lowest BCUT2D eigenvalue weighted by Crippen LogP contribution is -2.63. The molecule has 3 aromatic rings. The average Bonchev–Trinajstić information content (AvgIpc) is 2.88. The minimum absolute atomic E-state index is 0.0129. The van der Waals surface area contributed by atoms with Gasteiger partial charge in [0, 0.05) is 28.7 Å². The average molecular weight is 654 g/mol. The van der Waals surface area contributed by atoms with Crippen molar-refractivity contribution in [3.63, 3.8) is 0 Å². The third-order valence-corrected chi connectivity index (χ3v) is 9.08. The Morgan fingerprint density at radius 3 is 2.41 bits per heavy atom. The molecule has 1 aliphatic rings. The Kier molecular flexibility index (Phi) is 9.09. The van der Waals surface area contributed by atoms with E-state index in [1.165, 1.54) is 22.5 Å². The first kappa shape index (κ1) is 29.2. The SMILES string of the molecule is CCOc1cc(OCC2(COC(=O)c3ccc(Br)cc3)CN(S(=O)(=O)c3ccc(Cl)cc3Cl)C2)ccc1C#N. The maximum absolute atomic E-state index is 13.3. The molecule has 4 rings (SSSR count). The molecule has 0 radical (unpaired) electrons. The van der Waals surface area contributed by atoms with Gasteiger partial charge in [0.15, 0.2) is 0 Å². The molecule has 0 aliphatic carbocycles. The van der Waals surface area contributed by atoms with Gasteiger partial charge < -0.3 is 14.2 Å². The van der Waals surface area contributed by atoms with Gasteiger partial charge in [-0.2, -0.15) is 9.57 Å². The number of hydrogen-bond acceptors (Lipinski definition) is 7. The van der Waals surface area contributed by atoms with Crippen molar-refractivity contribution in [2.75, 3.05) is 32.9 Å². The summed E-state index contributed by atoms with van der Waals surface area (Å²) < 4.78 is 45.8. The number of rotatable bonds is 10. The summed E-state index contributed by atoms with van der Waals surface area (Å²) in [4.78, 5) is 12.6. The summed E-state index contributed by atoms with van der Waals surface area (Å²) in [5.74, 6) is 0.266. The highest BCUT2D eigenvalue weighted by Crippen LogP contribution is 2.39. The number of nitriles is 1. The van der Waals surface area contributed by atoms with Crippen LogP contribution in [0.2, 0.25) is 10.0 Å². The Morgan fingerprint density at radius 2 is 1.77 bits per heavy atom. The van der Waals surface area contributed by atoms with Gasteiger partial charge in [0.25, 0.3) is 0 Å².